The molecule has 0 radical (unpaired) electrons. The average molecular weight is 132 g/mol. The maximum Gasteiger partial charge on any atom is -0.0133 e. The maximum absolute atomic E-state index is 2.32. The lowest BCUT2D eigenvalue weighted by Crippen LogP contribution is -1.77. The summed E-state index contributed by atoms with van der Waals surface area (Å²) in [4.78, 5) is 0. The lowest BCUT2D eigenvalue weighted by molar-refractivity contribution is 0.915. The summed E-state index contributed by atoms with van der Waals surface area (Å²) in [7, 11) is 0. The van der Waals surface area contributed by atoms with Crippen molar-refractivity contribution in [3.05, 3.63) is 35.9 Å². The first-order chi connectivity index (χ1) is 4.88. The normalized spacial score (nSPS) is 30.1. The van der Waals surface area contributed by atoms with Crippen LogP contribution in [0.4, 0.5) is 0 Å². The predicted molar refractivity (Wildman–Crippen MR) is 43.0 cm³/mol. The minimum atomic E-state index is 0.876. The molecule has 0 nitrogen and oxygen atoms in total. The van der Waals surface area contributed by atoms with Crippen LogP contribution in [0, 0.1) is 5.92 Å². The third kappa shape index (κ3) is 0.942. The Kier molecular flexibility index (Phi) is 1.26. The van der Waals surface area contributed by atoms with Crippen LogP contribution in [0.1, 0.15) is 24.8 Å². The molecule has 10 heavy (non-hydrogen) atoms. The van der Waals surface area contributed by atoms with E-state index in [0.29, 0.717) is 0 Å². The van der Waals surface area contributed by atoms with Gasteiger partial charge in [0.05, 0.1) is 0 Å². The number of benzene rings is 1. The van der Waals surface area contributed by atoms with Gasteiger partial charge >= 0.3 is 0 Å². The van der Waals surface area contributed by atoms with Crippen molar-refractivity contribution >= 4 is 0 Å². The van der Waals surface area contributed by atoms with Crippen LogP contribution in [0.25, 0.3) is 0 Å². The molecule has 52 valence electrons. The molecule has 1 fully saturated rings. The largest absolute Gasteiger partial charge is 0.0622 e. The van der Waals surface area contributed by atoms with Gasteiger partial charge in [0, 0.05) is 0 Å². The van der Waals surface area contributed by atoms with E-state index >= 15 is 0 Å². The number of hydrogen-bond donors (Lipinski definition) is 0. The predicted octanol–water partition coefficient (Wildman–Crippen LogP) is 2.81. The van der Waals surface area contributed by atoms with E-state index in [4.69, 9.17) is 0 Å². The molecule has 2 atom stereocenters. The number of rotatable bonds is 1. The lowest BCUT2D eigenvalue weighted by atomic mass is 10.1. The van der Waals surface area contributed by atoms with E-state index in [9.17, 15) is 0 Å². The van der Waals surface area contributed by atoms with Gasteiger partial charge in [0.15, 0.2) is 0 Å². The molecule has 1 aromatic carbocycles. The summed E-state index contributed by atoms with van der Waals surface area (Å²) in [5, 5.41) is 0. The molecule has 0 saturated heterocycles. The summed E-state index contributed by atoms with van der Waals surface area (Å²) < 4.78 is 0. The second-order valence-electron chi connectivity index (χ2n) is 3.23. The Labute approximate surface area is 61.9 Å². The number of hydrogen-bond acceptors (Lipinski definition) is 0. The first-order valence-corrected chi connectivity index (χ1v) is 3.93. The molecular weight excluding hydrogens is 120 g/mol. The van der Waals surface area contributed by atoms with Gasteiger partial charge in [-0.15, -0.1) is 0 Å². The third-order valence-electron chi connectivity index (χ3n) is 2.34. The van der Waals surface area contributed by atoms with Crippen LogP contribution >= 0.6 is 0 Å². The summed E-state index contributed by atoms with van der Waals surface area (Å²) in [5.74, 6) is 1.81. The Hall–Kier alpha value is -0.780. The van der Waals surface area contributed by atoms with Crippen molar-refractivity contribution in [2.75, 3.05) is 0 Å². The standard InChI is InChI=1S/C10H12/c1-8-7-10(8)9-5-3-2-4-6-9/h2-6,8,10H,7H2,1H3/t8-,10+/m0/s1. The van der Waals surface area contributed by atoms with Crippen molar-refractivity contribution in [1.82, 2.24) is 0 Å². The summed E-state index contributed by atoms with van der Waals surface area (Å²) in [6, 6.07) is 10.8. The van der Waals surface area contributed by atoms with Gasteiger partial charge in [-0.05, 0) is 23.8 Å². The molecule has 2 rings (SSSR count). The highest BCUT2D eigenvalue weighted by molar-refractivity contribution is 5.24. The van der Waals surface area contributed by atoms with Gasteiger partial charge in [-0.3, -0.25) is 0 Å². The fourth-order valence-electron chi connectivity index (χ4n) is 1.49. The zero-order chi connectivity index (χ0) is 6.97. The van der Waals surface area contributed by atoms with Gasteiger partial charge in [-0.1, -0.05) is 37.3 Å². The van der Waals surface area contributed by atoms with E-state index in [1.165, 1.54) is 12.0 Å². The van der Waals surface area contributed by atoms with Crippen molar-refractivity contribution in [2.45, 2.75) is 19.3 Å². The average Bonchev–Trinajstić information content (AvgIpc) is 2.69. The Morgan fingerprint density at radius 3 is 2.30 bits per heavy atom. The molecule has 0 unspecified atom stereocenters. The molecule has 1 saturated carbocycles. The molecule has 0 aromatic heterocycles. The fraction of sp³-hybridized carbons (Fsp3) is 0.400. The highest BCUT2D eigenvalue weighted by Gasteiger charge is 2.33. The van der Waals surface area contributed by atoms with Gasteiger partial charge < -0.3 is 0 Å². The lowest BCUT2D eigenvalue weighted by Gasteiger charge is -1.94. The van der Waals surface area contributed by atoms with Gasteiger partial charge in [0.1, 0.15) is 0 Å². The van der Waals surface area contributed by atoms with Crippen LogP contribution in [-0.2, 0) is 0 Å². The summed E-state index contributed by atoms with van der Waals surface area (Å²) in [6.07, 6.45) is 1.39. The van der Waals surface area contributed by atoms with Crippen LogP contribution < -0.4 is 0 Å². The molecule has 1 aliphatic rings. The topological polar surface area (TPSA) is 0 Å². The van der Waals surface area contributed by atoms with Crippen molar-refractivity contribution in [3.63, 3.8) is 0 Å². The molecule has 1 aliphatic carbocycles. The maximum atomic E-state index is 2.32. The van der Waals surface area contributed by atoms with Crippen LogP contribution in [-0.4, -0.2) is 0 Å². The molecular formula is C10H12. The van der Waals surface area contributed by atoms with E-state index in [1.807, 2.05) is 0 Å². The second-order valence-corrected chi connectivity index (χ2v) is 3.23. The Morgan fingerprint density at radius 1 is 1.20 bits per heavy atom. The molecule has 1 aromatic rings. The van der Waals surface area contributed by atoms with Crippen molar-refractivity contribution in [1.29, 1.82) is 0 Å². The van der Waals surface area contributed by atoms with Gasteiger partial charge in [0.25, 0.3) is 0 Å². The molecule has 0 bridgehead atoms. The SMILES string of the molecule is C[C@H]1C[C@H]1c1ccccc1. The summed E-state index contributed by atoms with van der Waals surface area (Å²) in [5.41, 5.74) is 1.52. The first-order valence-electron chi connectivity index (χ1n) is 3.93. The van der Waals surface area contributed by atoms with E-state index in [-0.39, 0.29) is 0 Å². The van der Waals surface area contributed by atoms with E-state index in [1.54, 1.807) is 0 Å². The van der Waals surface area contributed by atoms with Gasteiger partial charge in [0.2, 0.25) is 0 Å². The Bertz CT molecular complexity index is 213. The molecule has 0 heteroatoms. The fourth-order valence-corrected chi connectivity index (χ4v) is 1.49. The Morgan fingerprint density at radius 2 is 1.80 bits per heavy atom. The van der Waals surface area contributed by atoms with Crippen LogP contribution in [0.2, 0.25) is 0 Å². The molecule has 0 heterocycles. The van der Waals surface area contributed by atoms with E-state index < -0.39 is 0 Å². The van der Waals surface area contributed by atoms with E-state index in [2.05, 4.69) is 37.3 Å². The minimum absolute atomic E-state index is 0.876. The quantitative estimate of drug-likeness (QED) is 0.551. The zero-order valence-corrected chi connectivity index (χ0v) is 6.25. The highest BCUT2D eigenvalue weighted by atomic mass is 14.4. The second kappa shape index (κ2) is 2.12. The first kappa shape index (κ1) is 5.96. The zero-order valence-electron chi connectivity index (χ0n) is 6.25. The van der Waals surface area contributed by atoms with Crippen molar-refractivity contribution in [2.24, 2.45) is 5.92 Å². The third-order valence-corrected chi connectivity index (χ3v) is 2.34. The van der Waals surface area contributed by atoms with E-state index in [0.717, 1.165) is 11.8 Å². The van der Waals surface area contributed by atoms with Crippen LogP contribution in [0.3, 0.4) is 0 Å². The minimum Gasteiger partial charge on any atom is -0.0622 e. The summed E-state index contributed by atoms with van der Waals surface area (Å²) >= 11 is 0. The van der Waals surface area contributed by atoms with Gasteiger partial charge in [-0.2, -0.15) is 0 Å². The van der Waals surface area contributed by atoms with Crippen LogP contribution in [0.5, 0.6) is 0 Å². The molecule has 0 aliphatic heterocycles. The molecule has 0 amide bonds. The van der Waals surface area contributed by atoms with Crippen LogP contribution in [0.15, 0.2) is 30.3 Å². The Balaban J connectivity index is 2.20. The van der Waals surface area contributed by atoms with Crippen molar-refractivity contribution < 1.29 is 0 Å². The van der Waals surface area contributed by atoms with Gasteiger partial charge in [-0.25, -0.2) is 0 Å². The van der Waals surface area contributed by atoms with Crippen molar-refractivity contribution in [3.8, 4) is 0 Å². The smallest absolute Gasteiger partial charge is 0.0133 e. The summed E-state index contributed by atoms with van der Waals surface area (Å²) in [6.45, 7) is 2.32. The highest BCUT2D eigenvalue weighted by Crippen LogP contribution is 2.46. The molecule has 0 spiro atoms. The monoisotopic (exact) mass is 132 g/mol. The molecule has 0 N–H and O–H groups in total.